The molecule has 7 heteroatoms. The lowest BCUT2D eigenvalue weighted by atomic mass is 10.3. The number of rotatable bonds is 7. The summed E-state index contributed by atoms with van der Waals surface area (Å²) in [5.41, 5.74) is 0. The van der Waals surface area contributed by atoms with Crippen LogP contribution in [0.15, 0.2) is 0 Å². The summed E-state index contributed by atoms with van der Waals surface area (Å²) in [7, 11) is 5.51. The molecule has 0 spiro atoms. The SMILES string of the molecule is CNCCC(=O)NC(CSP)C(=O)OC. The van der Waals surface area contributed by atoms with Gasteiger partial charge in [0, 0.05) is 18.7 Å². The fourth-order valence-electron chi connectivity index (χ4n) is 0.912. The van der Waals surface area contributed by atoms with Crippen molar-refractivity contribution in [3.63, 3.8) is 0 Å². The maximum Gasteiger partial charge on any atom is 0.329 e. The lowest BCUT2D eigenvalue weighted by molar-refractivity contribution is -0.144. The topological polar surface area (TPSA) is 67.4 Å². The highest BCUT2D eigenvalue weighted by Gasteiger charge is 2.20. The summed E-state index contributed by atoms with van der Waals surface area (Å²) in [4.78, 5) is 22.6. The quantitative estimate of drug-likeness (QED) is 0.484. The molecule has 0 aliphatic heterocycles. The first-order valence-electron chi connectivity index (χ1n) is 4.49. The average molecular weight is 252 g/mol. The number of hydrogen-bond acceptors (Lipinski definition) is 5. The fraction of sp³-hybridized carbons (Fsp3) is 0.750. The van der Waals surface area contributed by atoms with Crippen molar-refractivity contribution in [2.75, 3.05) is 26.5 Å². The van der Waals surface area contributed by atoms with E-state index in [1.165, 1.54) is 18.5 Å². The van der Waals surface area contributed by atoms with Gasteiger partial charge in [-0.2, -0.15) is 0 Å². The predicted octanol–water partition coefficient (Wildman–Crippen LogP) is -0.223. The lowest BCUT2D eigenvalue weighted by Crippen LogP contribution is -2.43. The van der Waals surface area contributed by atoms with E-state index in [1.54, 1.807) is 7.05 Å². The van der Waals surface area contributed by atoms with Crippen LogP contribution in [0.25, 0.3) is 0 Å². The van der Waals surface area contributed by atoms with E-state index in [4.69, 9.17) is 0 Å². The molecular weight excluding hydrogens is 235 g/mol. The Labute approximate surface area is 96.0 Å². The van der Waals surface area contributed by atoms with E-state index in [0.29, 0.717) is 18.7 Å². The minimum atomic E-state index is -0.568. The summed E-state index contributed by atoms with van der Waals surface area (Å²) in [5, 5.41) is 5.48. The molecule has 0 aliphatic rings. The van der Waals surface area contributed by atoms with E-state index in [0.717, 1.165) is 0 Å². The molecule has 1 amide bonds. The van der Waals surface area contributed by atoms with Crippen LogP contribution in [-0.4, -0.2) is 44.4 Å². The zero-order chi connectivity index (χ0) is 11.7. The summed E-state index contributed by atoms with van der Waals surface area (Å²) >= 11 is 1.40. The average Bonchev–Trinajstić information content (AvgIpc) is 2.24. The highest BCUT2D eigenvalue weighted by Crippen LogP contribution is 2.12. The molecule has 0 fully saturated rings. The molecule has 0 bridgehead atoms. The van der Waals surface area contributed by atoms with E-state index in [9.17, 15) is 9.59 Å². The highest BCUT2D eigenvalue weighted by atomic mass is 32.7. The molecule has 0 aromatic rings. The first kappa shape index (κ1) is 14.7. The first-order valence-corrected chi connectivity index (χ1v) is 6.95. The smallest absolute Gasteiger partial charge is 0.329 e. The number of carbonyl (C=O) groups excluding carboxylic acids is 2. The van der Waals surface area contributed by atoms with Crippen LogP contribution in [0.1, 0.15) is 6.42 Å². The molecule has 15 heavy (non-hydrogen) atoms. The Morgan fingerprint density at radius 1 is 1.53 bits per heavy atom. The molecule has 0 heterocycles. The van der Waals surface area contributed by atoms with Crippen LogP contribution in [0, 0.1) is 0 Å². The Morgan fingerprint density at radius 3 is 2.67 bits per heavy atom. The highest BCUT2D eigenvalue weighted by molar-refractivity contribution is 8.43. The van der Waals surface area contributed by atoms with Crippen molar-refractivity contribution in [3.05, 3.63) is 0 Å². The van der Waals surface area contributed by atoms with E-state index in [-0.39, 0.29) is 5.91 Å². The summed E-state index contributed by atoms with van der Waals surface area (Å²) < 4.78 is 4.58. The molecule has 0 saturated heterocycles. The van der Waals surface area contributed by atoms with Gasteiger partial charge in [-0.15, -0.1) is 11.4 Å². The first-order chi connectivity index (χ1) is 7.15. The summed E-state index contributed by atoms with van der Waals surface area (Å²) in [6.45, 7) is 0.591. The van der Waals surface area contributed by atoms with Crippen LogP contribution >= 0.6 is 19.8 Å². The van der Waals surface area contributed by atoms with Crippen LogP contribution in [0.5, 0.6) is 0 Å². The Bertz CT molecular complexity index is 216. The minimum absolute atomic E-state index is 0.154. The lowest BCUT2D eigenvalue weighted by Gasteiger charge is -2.14. The van der Waals surface area contributed by atoms with Gasteiger partial charge in [0.2, 0.25) is 5.91 Å². The molecule has 0 saturated carbocycles. The van der Waals surface area contributed by atoms with E-state index in [1.807, 2.05) is 0 Å². The van der Waals surface area contributed by atoms with Gasteiger partial charge in [0.15, 0.2) is 0 Å². The number of carbonyl (C=O) groups is 2. The predicted molar refractivity (Wildman–Crippen MR) is 64.7 cm³/mol. The molecule has 0 aromatic heterocycles. The Kier molecular flexibility index (Phi) is 8.76. The molecule has 2 N–H and O–H groups in total. The maximum absolute atomic E-state index is 11.3. The van der Waals surface area contributed by atoms with Gasteiger partial charge in [0.05, 0.1) is 7.11 Å². The van der Waals surface area contributed by atoms with Crippen LogP contribution < -0.4 is 10.6 Å². The third-order valence-corrected chi connectivity index (χ3v) is 2.79. The number of nitrogens with one attached hydrogen (secondary N) is 2. The Balaban J connectivity index is 4.03. The summed E-state index contributed by atoms with van der Waals surface area (Å²) in [6.07, 6.45) is 0.353. The Morgan fingerprint density at radius 2 is 2.20 bits per heavy atom. The molecule has 5 nitrogen and oxygen atoms in total. The zero-order valence-electron chi connectivity index (χ0n) is 8.91. The zero-order valence-corrected chi connectivity index (χ0v) is 10.9. The van der Waals surface area contributed by atoms with Crippen molar-refractivity contribution in [3.8, 4) is 0 Å². The van der Waals surface area contributed by atoms with Gasteiger partial charge in [0.25, 0.3) is 0 Å². The summed E-state index contributed by atoms with van der Waals surface area (Å²) in [6, 6.07) is -0.568. The van der Waals surface area contributed by atoms with Gasteiger partial charge in [0.1, 0.15) is 6.04 Å². The molecule has 2 atom stereocenters. The van der Waals surface area contributed by atoms with E-state index >= 15 is 0 Å². The third-order valence-electron chi connectivity index (χ3n) is 1.69. The van der Waals surface area contributed by atoms with Crippen LogP contribution in [0.3, 0.4) is 0 Å². The standard InChI is InChI=1S/C8H17N2O3PS/c1-9-4-3-7(11)10-6(5-15-14)8(12)13-2/h6,9H,3-5,14H2,1-2H3,(H,10,11). The number of amides is 1. The van der Waals surface area contributed by atoms with Crippen molar-refractivity contribution in [2.24, 2.45) is 0 Å². The minimum Gasteiger partial charge on any atom is -0.467 e. The van der Waals surface area contributed by atoms with Gasteiger partial charge >= 0.3 is 5.97 Å². The molecule has 2 unspecified atom stereocenters. The van der Waals surface area contributed by atoms with Gasteiger partial charge < -0.3 is 15.4 Å². The van der Waals surface area contributed by atoms with Crippen LogP contribution in [0.4, 0.5) is 0 Å². The molecule has 88 valence electrons. The van der Waals surface area contributed by atoms with E-state index in [2.05, 4.69) is 23.8 Å². The van der Waals surface area contributed by atoms with Gasteiger partial charge in [-0.25, -0.2) is 4.79 Å². The molecule has 0 aromatic carbocycles. The molecule has 0 radical (unpaired) electrons. The normalized spacial score (nSPS) is 11.9. The van der Waals surface area contributed by atoms with Crippen molar-refractivity contribution >= 4 is 31.7 Å². The van der Waals surface area contributed by atoms with Crippen LogP contribution in [-0.2, 0) is 14.3 Å². The van der Waals surface area contributed by atoms with Gasteiger partial charge in [-0.1, -0.05) is 8.44 Å². The molecular formula is C8H17N2O3PS. The largest absolute Gasteiger partial charge is 0.467 e. The second-order valence-corrected chi connectivity index (χ2v) is 4.50. The fourth-order valence-corrected chi connectivity index (χ4v) is 1.90. The van der Waals surface area contributed by atoms with Crippen molar-refractivity contribution in [1.29, 1.82) is 0 Å². The van der Waals surface area contributed by atoms with Crippen molar-refractivity contribution in [2.45, 2.75) is 12.5 Å². The molecule has 0 rings (SSSR count). The number of methoxy groups -OCH3 is 1. The molecule has 0 aliphatic carbocycles. The second-order valence-electron chi connectivity index (χ2n) is 2.83. The number of hydrogen-bond donors (Lipinski definition) is 2. The van der Waals surface area contributed by atoms with Crippen molar-refractivity contribution in [1.82, 2.24) is 10.6 Å². The summed E-state index contributed by atoms with van der Waals surface area (Å²) in [5.74, 6) is -0.0793. The maximum atomic E-state index is 11.3. The second kappa shape index (κ2) is 8.95. The van der Waals surface area contributed by atoms with E-state index < -0.39 is 12.0 Å². The third kappa shape index (κ3) is 6.71. The van der Waals surface area contributed by atoms with Crippen LogP contribution in [0.2, 0.25) is 0 Å². The van der Waals surface area contributed by atoms with Crippen molar-refractivity contribution < 1.29 is 14.3 Å². The number of esters is 1. The number of ether oxygens (including phenoxy) is 1. The van der Waals surface area contributed by atoms with Gasteiger partial charge in [-0.3, -0.25) is 4.79 Å². The Hall–Kier alpha value is -0.320. The van der Waals surface area contributed by atoms with Gasteiger partial charge in [-0.05, 0) is 7.05 Å². The monoisotopic (exact) mass is 252 g/mol.